The molecular weight excluding hydrogens is 316 g/mol. The van der Waals surface area contributed by atoms with Crippen LogP contribution in [0.25, 0.3) is 0 Å². The van der Waals surface area contributed by atoms with Gasteiger partial charge in [0.15, 0.2) is 0 Å². The Morgan fingerprint density at radius 3 is 2.87 bits per heavy atom. The summed E-state index contributed by atoms with van der Waals surface area (Å²) in [6.07, 6.45) is 3.72. The summed E-state index contributed by atoms with van der Waals surface area (Å²) in [5, 5.41) is 16.6. The van der Waals surface area contributed by atoms with Crippen molar-refractivity contribution in [3.63, 3.8) is 0 Å². The van der Waals surface area contributed by atoms with Gasteiger partial charge in [-0.2, -0.15) is 0 Å². The van der Waals surface area contributed by atoms with Crippen LogP contribution in [-0.4, -0.2) is 42.4 Å². The first-order chi connectivity index (χ1) is 10.6. The predicted octanol–water partition coefficient (Wildman–Crippen LogP) is 2.15. The number of nitrogens with one attached hydrogen (secondary N) is 2. The van der Waals surface area contributed by atoms with Crippen molar-refractivity contribution in [3.8, 4) is 5.75 Å². The molecule has 1 amide bonds. The van der Waals surface area contributed by atoms with Crippen LogP contribution in [-0.2, 0) is 4.74 Å². The third-order valence-corrected chi connectivity index (χ3v) is 4.90. The average Bonchev–Trinajstić information content (AvgIpc) is 2.53. The van der Waals surface area contributed by atoms with Gasteiger partial charge in [-0.15, -0.1) is 12.4 Å². The van der Waals surface area contributed by atoms with Crippen LogP contribution in [0.5, 0.6) is 5.75 Å². The number of para-hydroxylation sites is 1. The fourth-order valence-corrected chi connectivity index (χ4v) is 3.55. The minimum atomic E-state index is -0.251. The Morgan fingerprint density at radius 2 is 2.13 bits per heavy atom. The zero-order chi connectivity index (χ0) is 15.6. The molecule has 23 heavy (non-hydrogen) atoms. The quantitative estimate of drug-likeness (QED) is 0.771. The maximum Gasteiger partial charge on any atom is 0.255 e. The Morgan fingerprint density at radius 1 is 1.39 bits per heavy atom. The number of piperidine rings is 1. The van der Waals surface area contributed by atoms with Gasteiger partial charge in [-0.05, 0) is 57.3 Å². The van der Waals surface area contributed by atoms with Gasteiger partial charge >= 0.3 is 0 Å². The van der Waals surface area contributed by atoms with E-state index in [4.69, 9.17) is 4.74 Å². The first-order valence-electron chi connectivity index (χ1n) is 8.06. The van der Waals surface area contributed by atoms with Crippen molar-refractivity contribution < 1.29 is 14.6 Å². The molecule has 1 spiro atoms. The Hall–Kier alpha value is -1.30. The Balaban J connectivity index is 0.00000192. The number of rotatable bonds is 2. The highest BCUT2D eigenvalue weighted by atomic mass is 35.5. The number of benzene rings is 1. The highest BCUT2D eigenvalue weighted by Crippen LogP contribution is 2.34. The maximum absolute atomic E-state index is 12.6. The van der Waals surface area contributed by atoms with Crippen molar-refractivity contribution in [2.45, 2.75) is 44.2 Å². The molecule has 2 saturated heterocycles. The van der Waals surface area contributed by atoms with E-state index in [1.54, 1.807) is 25.1 Å². The molecule has 2 heterocycles. The summed E-state index contributed by atoms with van der Waals surface area (Å²) in [6.45, 7) is 4.40. The molecule has 1 aromatic carbocycles. The van der Waals surface area contributed by atoms with Crippen LogP contribution in [0, 0.1) is 6.92 Å². The third-order valence-electron chi connectivity index (χ3n) is 4.90. The van der Waals surface area contributed by atoms with E-state index < -0.39 is 0 Å². The first kappa shape index (κ1) is 18.0. The Bertz CT molecular complexity index is 551. The van der Waals surface area contributed by atoms with Gasteiger partial charge in [0, 0.05) is 6.61 Å². The number of aromatic hydroxyl groups is 1. The molecule has 1 atom stereocenters. The number of ether oxygens (including phenoxy) is 1. The summed E-state index contributed by atoms with van der Waals surface area (Å²) in [7, 11) is 0. The lowest BCUT2D eigenvalue weighted by Crippen LogP contribution is -2.60. The standard InChI is InChI=1S/C17H24N2O3.ClH/c1-12-4-2-5-13(15(12)20)16(21)19-14-6-3-11-22-17(14)7-9-18-10-8-17;/h2,4-5,14,18,20H,3,6-11H2,1H3,(H,19,21);1H. The van der Waals surface area contributed by atoms with Gasteiger partial charge in [0.2, 0.25) is 0 Å². The van der Waals surface area contributed by atoms with Crippen LogP contribution < -0.4 is 10.6 Å². The van der Waals surface area contributed by atoms with Gasteiger partial charge in [0.05, 0.1) is 17.2 Å². The summed E-state index contributed by atoms with van der Waals surface area (Å²) in [5.41, 5.74) is 0.803. The largest absolute Gasteiger partial charge is 0.507 e. The minimum absolute atomic E-state index is 0. The SMILES string of the molecule is Cc1cccc(C(=O)NC2CCCOC23CCNCC3)c1O.Cl. The second-order valence-electron chi connectivity index (χ2n) is 6.30. The smallest absolute Gasteiger partial charge is 0.255 e. The maximum atomic E-state index is 12.6. The van der Waals surface area contributed by atoms with Crippen LogP contribution in [0.15, 0.2) is 18.2 Å². The number of phenolic OH excluding ortho intramolecular Hbond substituents is 1. The number of hydrogen-bond acceptors (Lipinski definition) is 4. The highest BCUT2D eigenvalue weighted by Gasteiger charge is 2.43. The average molecular weight is 341 g/mol. The molecule has 0 saturated carbocycles. The van der Waals surface area contributed by atoms with E-state index in [-0.39, 0.29) is 35.7 Å². The molecule has 3 rings (SSSR count). The number of amides is 1. The number of carbonyl (C=O) groups excluding carboxylic acids is 1. The molecule has 3 N–H and O–H groups in total. The lowest BCUT2D eigenvalue weighted by molar-refractivity contribution is -0.114. The van der Waals surface area contributed by atoms with Crippen LogP contribution in [0.2, 0.25) is 0 Å². The predicted molar refractivity (Wildman–Crippen MR) is 91.4 cm³/mol. The normalized spacial score (nSPS) is 23.1. The monoisotopic (exact) mass is 340 g/mol. The fraction of sp³-hybridized carbons (Fsp3) is 0.588. The molecule has 1 unspecified atom stereocenters. The first-order valence-corrected chi connectivity index (χ1v) is 8.06. The molecule has 0 radical (unpaired) electrons. The number of hydrogen-bond donors (Lipinski definition) is 3. The van der Waals surface area contributed by atoms with Crippen LogP contribution in [0.1, 0.15) is 41.6 Å². The van der Waals surface area contributed by atoms with Gasteiger partial charge in [0.1, 0.15) is 5.75 Å². The van der Waals surface area contributed by atoms with E-state index in [1.807, 2.05) is 0 Å². The molecule has 0 bridgehead atoms. The molecule has 128 valence electrons. The molecule has 0 aliphatic carbocycles. The van der Waals surface area contributed by atoms with Gasteiger partial charge in [-0.1, -0.05) is 12.1 Å². The number of carbonyl (C=O) groups is 1. The summed E-state index contributed by atoms with van der Waals surface area (Å²) in [5.74, 6) is -0.148. The number of phenols is 1. The van der Waals surface area contributed by atoms with Crippen molar-refractivity contribution in [1.82, 2.24) is 10.6 Å². The van der Waals surface area contributed by atoms with Crippen molar-refractivity contribution >= 4 is 18.3 Å². The number of halogens is 1. The van der Waals surface area contributed by atoms with Gasteiger partial charge < -0.3 is 20.5 Å². The molecule has 2 fully saturated rings. The topological polar surface area (TPSA) is 70.6 Å². The van der Waals surface area contributed by atoms with E-state index in [2.05, 4.69) is 10.6 Å². The van der Waals surface area contributed by atoms with Gasteiger partial charge in [-0.3, -0.25) is 4.79 Å². The van der Waals surface area contributed by atoms with Crippen LogP contribution >= 0.6 is 12.4 Å². The van der Waals surface area contributed by atoms with Crippen molar-refractivity contribution in [1.29, 1.82) is 0 Å². The van der Waals surface area contributed by atoms with Crippen molar-refractivity contribution in [2.24, 2.45) is 0 Å². The summed E-state index contributed by atoms with van der Waals surface area (Å²) < 4.78 is 6.09. The second kappa shape index (κ2) is 7.51. The lowest BCUT2D eigenvalue weighted by atomic mass is 9.80. The molecule has 2 aliphatic heterocycles. The summed E-state index contributed by atoms with van der Waals surface area (Å²) in [6, 6.07) is 5.26. The van der Waals surface area contributed by atoms with E-state index in [0.717, 1.165) is 45.4 Å². The van der Waals surface area contributed by atoms with Crippen molar-refractivity contribution in [2.75, 3.05) is 19.7 Å². The molecule has 5 nitrogen and oxygen atoms in total. The highest BCUT2D eigenvalue weighted by molar-refractivity contribution is 5.97. The zero-order valence-corrected chi connectivity index (χ0v) is 14.2. The van der Waals surface area contributed by atoms with Crippen LogP contribution in [0.3, 0.4) is 0 Å². The van der Waals surface area contributed by atoms with E-state index in [1.165, 1.54) is 0 Å². The molecule has 6 heteroatoms. The lowest BCUT2D eigenvalue weighted by Gasteiger charge is -2.46. The molecule has 0 aromatic heterocycles. The number of aryl methyl sites for hydroxylation is 1. The fourth-order valence-electron chi connectivity index (χ4n) is 3.55. The summed E-state index contributed by atoms with van der Waals surface area (Å²) in [4.78, 5) is 12.6. The minimum Gasteiger partial charge on any atom is -0.507 e. The molecule has 2 aliphatic rings. The van der Waals surface area contributed by atoms with Crippen molar-refractivity contribution in [3.05, 3.63) is 29.3 Å². The third kappa shape index (κ3) is 3.62. The van der Waals surface area contributed by atoms with E-state index in [0.29, 0.717) is 11.1 Å². The zero-order valence-electron chi connectivity index (χ0n) is 13.4. The van der Waals surface area contributed by atoms with Gasteiger partial charge in [0.25, 0.3) is 5.91 Å². The summed E-state index contributed by atoms with van der Waals surface area (Å²) >= 11 is 0. The molecular formula is C17H25ClN2O3. The van der Waals surface area contributed by atoms with E-state index in [9.17, 15) is 9.90 Å². The van der Waals surface area contributed by atoms with Gasteiger partial charge in [-0.25, -0.2) is 0 Å². The van der Waals surface area contributed by atoms with E-state index >= 15 is 0 Å². The van der Waals surface area contributed by atoms with Crippen LogP contribution in [0.4, 0.5) is 0 Å². The Labute approximate surface area is 143 Å². The second-order valence-corrected chi connectivity index (χ2v) is 6.30. The molecule has 1 aromatic rings. The Kier molecular flexibility index (Phi) is 5.89.